The molecule has 104 valence electrons. The minimum atomic E-state index is 0.408. The molecule has 1 aromatic heterocycles. The number of nitrogens with zero attached hydrogens (tertiary/aromatic N) is 2. The summed E-state index contributed by atoms with van der Waals surface area (Å²) in [6.45, 7) is 0.685. The number of hydrogen-bond acceptors (Lipinski definition) is 5. The topological polar surface area (TPSA) is 70.3 Å². The maximum Gasteiger partial charge on any atom is 0.126 e. The summed E-state index contributed by atoms with van der Waals surface area (Å²) in [5.41, 5.74) is 7.85. The number of nitrogens with two attached hydrogens (primary N) is 1. The Bertz CT molecular complexity index is 616. The third kappa shape index (κ3) is 2.66. The lowest BCUT2D eigenvalue weighted by Gasteiger charge is -2.25. The molecule has 1 aliphatic rings. The maximum atomic E-state index is 5.83. The van der Waals surface area contributed by atoms with Crippen LogP contribution in [0, 0.1) is 5.92 Å². The van der Waals surface area contributed by atoms with E-state index < -0.39 is 0 Å². The Kier molecular flexibility index (Phi) is 3.41. The van der Waals surface area contributed by atoms with Crippen LogP contribution < -0.4 is 15.2 Å². The smallest absolute Gasteiger partial charge is 0.126 e. The molecule has 20 heavy (non-hydrogen) atoms. The summed E-state index contributed by atoms with van der Waals surface area (Å²) in [6.07, 6.45) is 3.33. The Morgan fingerprint density at radius 2 is 2.25 bits per heavy atom. The number of anilines is 1. The van der Waals surface area contributed by atoms with Crippen LogP contribution in [0.4, 0.5) is 5.82 Å². The maximum absolute atomic E-state index is 5.83. The van der Waals surface area contributed by atoms with Crippen LogP contribution in [0.1, 0.15) is 11.3 Å². The Morgan fingerprint density at radius 1 is 1.35 bits per heavy atom. The van der Waals surface area contributed by atoms with Crippen LogP contribution in [0.5, 0.6) is 11.5 Å². The van der Waals surface area contributed by atoms with Crippen molar-refractivity contribution in [2.45, 2.75) is 12.8 Å². The van der Waals surface area contributed by atoms with Gasteiger partial charge in [-0.25, -0.2) is 9.97 Å². The molecule has 1 aromatic carbocycles. The molecule has 0 spiro atoms. The van der Waals surface area contributed by atoms with Gasteiger partial charge in [0.15, 0.2) is 0 Å². The highest BCUT2D eigenvalue weighted by Crippen LogP contribution is 2.31. The van der Waals surface area contributed by atoms with Crippen molar-refractivity contribution >= 4 is 5.82 Å². The summed E-state index contributed by atoms with van der Waals surface area (Å²) in [6, 6.07) is 7.79. The van der Waals surface area contributed by atoms with Gasteiger partial charge in [0.25, 0.3) is 0 Å². The molecule has 5 nitrogen and oxygen atoms in total. The Balaban J connectivity index is 1.72. The fourth-order valence-corrected chi connectivity index (χ4v) is 2.50. The Hall–Kier alpha value is -2.30. The van der Waals surface area contributed by atoms with Crippen LogP contribution in [0.2, 0.25) is 0 Å². The van der Waals surface area contributed by atoms with Crippen molar-refractivity contribution in [1.29, 1.82) is 0 Å². The Morgan fingerprint density at radius 3 is 3.05 bits per heavy atom. The van der Waals surface area contributed by atoms with Crippen molar-refractivity contribution in [3.05, 3.63) is 41.9 Å². The first-order valence-electron chi connectivity index (χ1n) is 6.60. The average Bonchev–Trinajstić information content (AvgIpc) is 2.47. The first-order chi connectivity index (χ1) is 9.74. The van der Waals surface area contributed by atoms with Crippen molar-refractivity contribution in [3.63, 3.8) is 0 Å². The van der Waals surface area contributed by atoms with Crippen LogP contribution >= 0.6 is 0 Å². The number of hydrogen-bond donors (Lipinski definition) is 1. The summed E-state index contributed by atoms with van der Waals surface area (Å²) < 4.78 is 11.0. The van der Waals surface area contributed by atoms with E-state index in [9.17, 15) is 0 Å². The molecule has 0 saturated heterocycles. The van der Waals surface area contributed by atoms with Crippen LogP contribution in [0.3, 0.4) is 0 Å². The van der Waals surface area contributed by atoms with Crippen molar-refractivity contribution in [1.82, 2.24) is 9.97 Å². The zero-order valence-electron chi connectivity index (χ0n) is 11.4. The van der Waals surface area contributed by atoms with Gasteiger partial charge in [0.05, 0.1) is 13.7 Å². The normalized spacial score (nSPS) is 17.1. The SMILES string of the molecule is COc1ccc2c(c1)OC[C@@H](Cc1cc(N)ncn1)C2. The molecule has 5 heteroatoms. The van der Waals surface area contributed by atoms with Gasteiger partial charge in [-0.15, -0.1) is 0 Å². The van der Waals surface area contributed by atoms with Crippen molar-refractivity contribution in [2.75, 3.05) is 19.5 Å². The first kappa shape index (κ1) is 12.7. The largest absolute Gasteiger partial charge is 0.497 e. The molecule has 1 aliphatic heterocycles. The third-order valence-electron chi connectivity index (χ3n) is 3.50. The van der Waals surface area contributed by atoms with Gasteiger partial charge in [-0.1, -0.05) is 6.07 Å². The quantitative estimate of drug-likeness (QED) is 0.922. The number of aromatic nitrogens is 2. The molecule has 2 heterocycles. The molecule has 0 amide bonds. The average molecular weight is 271 g/mol. The molecular formula is C15H17N3O2. The number of nitrogen functional groups attached to an aromatic ring is 1. The summed E-state index contributed by atoms with van der Waals surface area (Å²) in [5.74, 6) is 2.66. The van der Waals surface area contributed by atoms with E-state index in [-0.39, 0.29) is 0 Å². The second-order valence-corrected chi connectivity index (χ2v) is 4.99. The van der Waals surface area contributed by atoms with E-state index in [1.54, 1.807) is 7.11 Å². The lowest BCUT2D eigenvalue weighted by atomic mass is 9.92. The predicted molar refractivity (Wildman–Crippen MR) is 75.8 cm³/mol. The minimum Gasteiger partial charge on any atom is -0.497 e. The van der Waals surface area contributed by atoms with Crippen molar-refractivity contribution in [2.24, 2.45) is 5.92 Å². The molecular weight excluding hydrogens is 254 g/mol. The highest BCUT2D eigenvalue weighted by molar-refractivity contribution is 5.42. The molecule has 0 aliphatic carbocycles. The third-order valence-corrected chi connectivity index (χ3v) is 3.50. The summed E-state index contributed by atoms with van der Waals surface area (Å²) in [4.78, 5) is 8.16. The van der Waals surface area contributed by atoms with E-state index in [1.165, 1.54) is 11.9 Å². The number of ether oxygens (including phenoxy) is 2. The minimum absolute atomic E-state index is 0.408. The number of methoxy groups -OCH3 is 1. The van der Waals surface area contributed by atoms with E-state index in [4.69, 9.17) is 15.2 Å². The molecule has 0 fully saturated rings. The molecule has 2 N–H and O–H groups in total. The second-order valence-electron chi connectivity index (χ2n) is 4.99. The van der Waals surface area contributed by atoms with Crippen molar-refractivity contribution < 1.29 is 9.47 Å². The van der Waals surface area contributed by atoms with Crippen molar-refractivity contribution in [3.8, 4) is 11.5 Å². The molecule has 0 bridgehead atoms. The second kappa shape index (κ2) is 5.36. The van der Waals surface area contributed by atoms with Gasteiger partial charge >= 0.3 is 0 Å². The lowest BCUT2D eigenvalue weighted by Crippen LogP contribution is -2.23. The molecule has 0 saturated carbocycles. The van der Waals surface area contributed by atoms with Gasteiger partial charge in [-0.2, -0.15) is 0 Å². The Labute approximate surface area is 117 Å². The van der Waals surface area contributed by atoms with Crippen LogP contribution in [0.25, 0.3) is 0 Å². The summed E-state index contributed by atoms with van der Waals surface area (Å²) in [5, 5.41) is 0. The van der Waals surface area contributed by atoms with Crippen LogP contribution in [-0.2, 0) is 12.8 Å². The standard InChI is InChI=1S/C15H17N3O2/c1-19-13-3-2-11-4-10(8-20-14(11)7-13)5-12-6-15(16)18-9-17-12/h2-3,6-7,9-10H,4-5,8H2,1H3,(H2,16,17,18)/t10-/m1/s1. The zero-order valence-corrected chi connectivity index (χ0v) is 11.4. The van der Waals surface area contributed by atoms with Gasteiger partial charge in [0.2, 0.25) is 0 Å². The van der Waals surface area contributed by atoms with E-state index >= 15 is 0 Å². The predicted octanol–water partition coefficient (Wildman–Crippen LogP) is 1.86. The van der Waals surface area contributed by atoms with E-state index in [0.29, 0.717) is 18.3 Å². The fraction of sp³-hybridized carbons (Fsp3) is 0.333. The molecule has 3 rings (SSSR count). The number of rotatable bonds is 3. The highest BCUT2D eigenvalue weighted by atomic mass is 16.5. The molecule has 1 atom stereocenters. The first-order valence-corrected chi connectivity index (χ1v) is 6.60. The van der Waals surface area contributed by atoms with Gasteiger partial charge in [0.1, 0.15) is 23.6 Å². The summed E-state index contributed by atoms with van der Waals surface area (Å²) >= 11 is 0. The van der Waals surface area contributed by atoms with Gasteiger partial charge in [0, 0.05) is 23.7 Å². The van der Waals surface area contributed by atoms with Crippen LogP contribution in [0.15, 0.2) is 30.6 Å². The fourth-order valence-electron chi connectivity index (χ4n) is 2.50. The lowest BCUT2D eigenvalue weighted by molar-refractivity contribution is 0.219. The monoisotopic (exact) mass is 271 g/mol. The van der Waals surface area contributed by atoms with Gasteiger partial charge in [-0.05, 0) is 24.5 Å². The molecule has 0 unspecified atom stereocenters. The highest BCUT2D eigenvalue weighted by Gasteiger charge is 2.21. The summed E-state index contributed by atoms with van der Waals surface area (Å²) in [7, 11) is 1.66. The number of benzene rings is 1. The molecule has 2 aromatic rings. The molecule has 0 radical (unpaired) electrons. The van der Waals surface area contributed by atoms with E-state index in [1.807, 2.05) is 18.2 Å². The van der Waals surface area contributed by atoms with Gasteiger partial charge < -0.3 is 15.2 Å². The number of fused-ring (bicyclic) bond motifs is 1. The zero-order chi connectivity index (χ0) is 13.9. The van der Waals surface area contributed by atoms with Crippen LogP contribution in [-0.4, -0.2) is 23.7 Å². The van der Waals surface area contributed by atoms with E-state index in [2.05, 4.69) is 16.0 Å². The van der Waals surface area contributed by atoms with Gasteiger partial charge in [-0.3, -0.25) is 0 Å². The van der Waals surface area contributed by atoms with E-state index in [0.717, 1.165) is 30.0 Å².